The number of aliphatic hydroxyl groups excluding tert-OH is 1. The van der Waals surface area contributed by atoms with Gasteiger partial charge in [-0.1, -0.05) is 0 Å². The summed E-state index contributed by atoms with van der Waals surface area (Å²) in [5, 5.41) is 7.99. The van der Waals surface area contributed by atoms with E-state index < -0.39 is 12.6 Å². The van der Waals surface area contributed by atoms with Crippen molar-refractivity contribution in [2.45, 2.75) is 6.92 Å². The number of rotatable bonds is 2. The van der Waals surface area contributed by atoms with Crippen molar-refractivity contribution in [3.63, 3.8) is 0 Å². The Bertz CT molecular complexity index is 64.3. The summed E-state index contributed by atoms with van der Waals surface area (Å²) in [6, 6.07) is 0. The molecule has 0 saturated heterocycles. The van der Waals surface area contributed by atoms with Crippen LogP contribution in [-0.2, 0) is 9.53 Å². The van der Waals surface area contributed by atoms with Crippen LogP contribution in [0.4, 0.5) is 0 Å². The van der Waals surface area contributed by atoms with Gasteiger partial charge in [0.05, 0.1) is 6.61 Å². The van der Waals surface area contributed by atoms with Crippen LogP contribution >= 0.6 is 0 Å². The first-order valence-electron chi connectivity index (χ1n) is 2.07. The van der Waals surface area contributed by atoms with E-state index in [4.69, 9.17) is 5.11 Å². The van der Waals surface area contributed by atoms with Crippen molar-refractivity contribution in [1.82, 2.24) is 0 Å². The molecule has 0 atom stereocenters. The Balaban J connectivity index is 0. The molecular weight excluding hydrogens is 119 g/mol. The van der Waals surface area contributed by atoms with Gasteiger partial charge in [-0.25, -0.2) is 4.79 Å². The summed E-state index contributed by atoms with van der Waals surface area (Å²) >= 11 is 0. The molecule has 0 amide bonds. The normalized spacial score (nSPS) is 7.25. The maximum atomic E-state index is 9.94. The third kappa shape index (κ3) is 6.43. The third-order valence-corrected chi connectivity index (χ3v) is 0.434. The number of hydrogen-bond acceptors (Lipinski definition) is 3. The van der Waals surface area contributed by atoms with Crippen molar-refractivity contribution >= 4 is 35.5 Å². The molecule has 0 aliphatic heterocycles. The van der Waals surface area contributed by atoms with E-state index in [-0.39, 0.29) is 29.6 Å². The van der Waals surface area contributed by atoms with Gasteiger partial charge >= 0.3 is 5.97 Å². The van der Waals surface area contributed by atoms with Crippen LogP contribution in [-0.4, -0.2) is 53.8 Å². The van der Waals surface area contributed by atoms with Gasteiger partial charge in [0.1, 0.15) is 6.61 Å². The van der Waals surface area contributed by atoms with E-state index in [2.05, 4.69) is 4.74 Å². The molecule has 0 aliphatic rings. The second-order valence-corrected chi connectivity index (χ2v) is 0.963. The van der Waals surface area contributed by atoms with E-state index in [1.54, 1.807) is 6.92 Å². The Labute approximate surface area is 70.3 Å². The minimum atomic E-state index is -0.567. The third-order valence-electron chi connectivity index (χ3n) is 0.434. The van der Waals surface area contributed by atoms with Crippen molar-refractivity contribution in [2.75, 3.05) is 13.2 Å². The SMILES string of the molecule is CCOC(=O)CO.[Na]. The van der Waals surface area contributed by atoms with Gasteiger partial charge in [-0.05, 0) is 6.92 Å². The smallest absolute Gasteiger partial charge is 0.331 e. The number of carbonyl (C=O) groups is 1. The van der Waals surface area contributed by atoms with Crippen molar-refractivity contribution in [2.24, 2.45) is 0 Å². The largest absolute Gasteiger partial charge is 0.464 e. The van der Waals surface area contributed by atoms with Crippen LogP contribution in [0.3, 0.4) is 0 Å². The van der Waals surface area contributed by atoms with Gasteiger partial charge < -0.3 is 9.84 Å². The first kappa shape index (κ1) is 11.3. The zero-order valence-electron chi connectivity index (χ0n) is 5.18. The molecule has 0 saturated carbocycles. The summed E-state index contributed by atoms with van der Waals surface area (Å²) in [6.45, 7) is 1.50. The van der Waals surface area contributed by atoms with Crippen LogP contribution in [0.2, 0.25) is 0 Å². The van der Waals surface area contributed by atoms with Crippen molar-refractivity contribution < 1.29 is 14.6 Å². The summed E-state index contributed by atoms with van der Waals surface area (Å²) < 4.78 is 4.30. The molecule has 0 unspecified atom stereocenters. The van der Waals surface area contributed by atoms with Crippen LogP contribution in [0, 0.1) is 0 Å². The molecule has 0 aromatic heterocycles. The number of esters is 1. The average Bonchev–Trinajstić information content (AvgIpc) is 1.68. The topological polar surface area (TPSA) is 46.5 Å². The first-order valence-corrected chi connectivity index (χ1v) is 2.07. The maximum Gasteiger partial charge on any atom is 0.331 e. The predicted molar refractivity (Wildman–Crippen MR) is 29.5 cm³/mol. The summed E-state index contributed by atoms with van der Waals surface area (Å²) in [7, 11) is 0. The fourth-order valence-electron chi connectivity index (χ4n) is 0.207. The van der Waals surface area contributed by atoms with Crippen LogP contribution in [0.5, 0.6) is 0 Å². The standard InChI is InChI=1S/C4H8O3.Na/c1-2-7-4(6)3-5;/h5H,2-3H2,1H3;. The van der Waals surface area contributed by atoms with Crippen LogP contribution in [0.25, 0.3) is 0 Å². The first-order chi connectivity index (χ1) is 3.31. The minimum Gasteiger partial charge on any atom is -0.464 e. The van der Waals surface area contributed by atoms with E-state index in [9.17, 15) is 4.79 Å². The molecule has 0 aliphatic carbocycles. The van der Waals surface area contributed by atoms with E-state index in [0.717, 1.165) is 0 Å². The Morgan fingerprint density at radius 3 is 2.38 bits per heavy atom. The van der Waals surface area contributed by atoms with Gasteiger partial charge in [0.15, 0.2) is 0 Å². The monoisotopic (exact) mass is 127 g/mol. The van der Waals surface area contributed by atoms with E-state index in [0.29, 0.717) is 6.61 Å². The number of carbonyl (C=O) groups excluding carboxylic acids is 1. The summed E-state index contributed by atoms with van der Waals surface area (Å²) in [6.07, 6.45) is 0. The van der Waals surface area contributed by atoms with Crippen molar-refractivity contribution in [3.8, 4) is 0 Å². The molecule has 0 fully saturated rings. The Morgan fingerprint density at radius 2 is 2.25 bits per heavy atom. The quantitative estimate of drug-likeness (QED) is 0.388. The van der Waals surface area contributed by atoms with Crippen LogP contribution in [0.15, 0.2) is 0 Å². The van der Waals surface area contributed by atoms with E-state index in [1.165, 1.54) is 0 Å². The van der Waals surface area contributed by atoms with E-state index >= 15 is 0 Å². The molecule has 0 aromatic carbocycles. The molecular formula is C4H8NaO3. The molecule has 8 heavy (non-hydrogen) atoms. The molecule has 3 nitrogen and oxygen atoms in total. The van der Waals surface area contributed by atoms with Crippen molar-refractivity contribution in [3.05, 3.63) is 0 Å². The fourth-order valence-corrected chi connectivity index (χ4v) is 0.207. The second kappa shape index (κ2) is 7.43. The minimum absolute atomic E-state index is 0. The zero-order chi connectivity index (χ0) is 5.70. The van der Waals surface area contributed by atoms with Crippen LogP contribution < -0.4 is 0 Å². The molecule has 0 bridgehead atoms. The molecule has 0 aromatic rings. The Kier molecular flexibility index (Phi) is 10.5. The summed E-state index contributed by atoms with van der Waals surface area (Å²) in [4.78, 5) is 9.94. The van der Waals surface area contributed by atoms with Gasteiger partial charge in [0.2, 0.25) is 0 Å². The van der Waals surface area contributed by atoms with Gasteiger partial charge in [0.25, 0.3) is 0 Å². The van der Waals surface area contributed by atoms with Crippen LogP contribution in [0.1, 0.15) is 6.92 Å². The van der Waals surface area contributed by atoms with E-state index in [1.807, 2.05) is 0 Å². The second-order valence-electron chi connectivity index (χ2n) is 0.963. The van der Waals surface area contributed by atoms with Gasteiger partial charge in [-0.15, -0.1) is 0 Å². The Hall–Kier alpha value is 0.430. The van der Waals surface area contributed by atoms with Gasteiger partial charge in [-0.2, -0.15) is 0 Å². The molecule has 1 N–H and O–H groups in total. The molecule has 0 rings (SSSR count). The fraction of sp³-hybridized carbons (Fsp3) is 0.750. The molecule has 43 valence electrons. The molecule has 0 spiro atoms. The van der Waals surface area contributed by atoms with Gasteiger partial charge in [0, 0.05) is 29.6 Å². The average molecular weight is 127 g/mol. The summed E-state index contributed by atoms with van der Waals surface area (Å²) in [5.74, 6) is -0.567. The van der Waals surface area contributed by atoms with Crippen molar-refractivity contribution in [1.29, 1.82) is 0 Å². The molecule has 4 heteroatoms. The summed E-state index contributed by atoms with van der Waals surface area (Å²) in [5.41, 5.74) is 0. The maximum absolute atomic E-state index is 9.94. The molecule has 0 heterocycles. The number of hydrogen-bond donors (Lipinski definition) is 1. The van der Waals surface area contributed by atoms with Gasteiger partial charge in [-0.3, -0.25) is 0 Å². The Morgan fingerprint density at radius 1 is 1.75 bits per heavy atom. The number of aliphatic hydroxyl groups is 1. The zero-order valence-corrected chi connectivity index (χ0v) is 7.18. The number of ether oxygens (including phenoxy) is 1. The predicted octanol–water partition coefficient (Wildman–Crippen LogP) is -0.839. The molecule has 1 radical (unpaired) electrons.